The third-order valence-electron chi connectivity index (χ3n) is 3.34. The average Bonchev–Trinajstić information content (AvgIpc) is 2.60. The van der Waals surface area contributed by atoms with E-state index in [1.807, 2.05) is 6.92 Å². The van der Waals surface area contributed by atoms with Gasteiger partial charge in [0.2, 0.25) is 5.75 Å². The molecule has 0 aliphatic carbocycles. The summed E-state index contributed by atoms with van der Waals surface area (Å²) in [5, 5.41) is 6.05. The van der Waals surface area contributed by atoms with Crippen molar-refractivity contribution in [1.82, 2.24) is 5.32 Å². The van der Waals surface area contributed by atoms with Crippen LogP contribution < -0.4 is 24.8 Å². The highest BCUT2D eigenvalue weighted by Crippen LogP contribution is 2.38. The molecule has 25 heavy (non-hydrogen) atoms. The predicted octanol–water partition coefficient (Wildman–Crippen LogP) is 4.08. The quantitative estimate of drug-likeness (QED) is 0.776. The maximum atomic E-state index is 12.0. The van der Waals surface area contributed by atoms with Gasteiger partial charge in [-0.15, -0.1) is 0 Å². The second-order valence-corrected chi connectivity index (χ2v) is 5.52. The number of urea groups is 1. The van der Waals surface area contributed by atoms with E-state index >= 15 is 0 Å². The first-order valence-corrected chi connectivity index (χ1v) is 8.13. The van der Waals surface area contributed by atoms with E-state index in [1.165, 1.54) is 0 Å². The summed E-state index contributed by atoms with van der Waals surface area (Å²) in [4.78, 5) is 12.0. The first-order valence-electron chi connectivity index (χ1n) is 7.75. The molecule has 2 N–H and O–H groups in total. The molecule has 0 spiro atoms. The maximum absolute atomic E-state index is 12.0. The smallest absolute Gasteiger partial charge is 0.319 e. The van der Waals surface area contributed by atoms with Crippen LogP contribution in [0.3, 0.4) is 0 Å². The molecule has 134 valence electrons. The zero-order valence-corrected chi connectivity index (χ0v) is 15.1. The number of benzene rings is 2. The molecule has 6 nitrogen and oxygen atoms in total. The second kappa shape index (κ2) is 9.03. The molecule has 7 heteroatoms. The van der Waals surface area contributed by atoms with Gasteiger partial charge in [0, 0.05) is 17.3 Å². The fourth-order valence-electron chi connectivity index (χ4n) is 2.25. The molecule has 0 aromatic heterocycles. The molecule has 0 aliphatic rings. The molecular weight excluding hydrogens is 344 g/mol. The number of methoxy groups -OCH3 is 2. The summed E-state index contributed by atoms with van der Waals surface area (Å²) < 4.78 is 16.3. The standard InChI is InChI=1S/C18H21ClN2O4/c1-4-25-17-15(23-2)8-12(9-16(17)24-3)11-20-18(22)21-14-7-5-6-13(19)10-14/h5-10H,4,11H2,1-3H3,(H2,20,21,22). The largest absolute Gasteiger partial charge is 0.493 e. The Hall–Kier alpha value is -2.60. The fourth-order valence-corrected chi connectivity index (χ4v) is 2.44. The SMILES string of the molecule is CCOc1c(OC)cc(CNC(=O)Nc2cccc(Cl)c2)cc1OC. The molecule has 2 aromatic rings. The van der Waals surface area contributed by atoms with Crippen molar-refractivity contribution >= 4 is 23.3 Å². The van der Waals surface area contributed by atoms with Crippen LogP contribution in [0.25, 0.3) is 0 Å². The first kappa shape index (κ1) is 18.7. The van der Waals surface area contributed by atoms with Crippen molar-refractivity contribution in [2.75, 3.05) is 26.1 Å². The summed E-state index contributed by atoms with van der Waals surface area (Å²) in [5.41, 5.74) is 1.44. The van der Waals surface area contributed by atoms with Gasteiger partial charge in [0.1, 0.15) is 0 Å². The number of nitrogens with one attached hydrogen (secondary N) is 2. The summed E-state index contributed by atoms with van der Waals surface area (Å²) in [6, 6.07) is 10.2. The van der Waals surface area contributed by atoms with E-state index in [0.717, 1.165) is 5.56 Å². The van der Waals surface area contributed by atoms with Crippen molar-refractivity contribution in [3.63, 3.8) is 0 Å². The van der Waals surface area contributed by atoms with Gasteiger partial charge in [0.15, 0.2) is 11.5 Å². The molecule has 2 aromatic carbocycles. The van der Waals surface area contributed by atoms with Gasteiger partial charge in [-0.1, -0.05) is 17.7 Å². The van der Waals surface area contributed by atoms with Gasteiger partial charge >= 0.3 is 6.03 Å². The number of halogens is 1. The van der Waals surface area contributed by atoms with E-state index < -0.39 is 0 Å². The number of hydrogen-bond acceptors (Lipinski definition) is 4. The molecule has 0 atom stereocenters. The van der Waals surface area contributed by atoms with Gasteiger partial charge in [0.25, 0.3) is 0 Å². The van der Waals surface area contributed by atoms with Crippen molar-refractivity contribution in [3.8, 4) is 17.2 Å². The summed E-state index contributed by atoms with van der Waals surface area (Å²) in [5.74, 6) is 1.64. The van der Waals surface area contributed by atoms with Crippen molar-refractivity contribution < 1.29 is 19.0 Å². The lowest BCUT2D eigenvalue weighted by Gasteiger charge is -2.15. The van der Waals surface area contributed by atoms with Gasteiger partial charge in [-0.2, -0.15) is 0 Å². The topological polar surface area (TPSA) is 68.8 Å². The highest BCUT2D eigenvalue weighted by atomic mass is 35.5. The predicted molar refractivity (Wildman–Crippen MR) is 98.0 cm³/mol. The maximum Gasteiger partial charge on any atom is 0.319 e. The molecular formula is C18H21ClN2O4. The van der Waals surface area contributed by atoms with Gasteiger partial charge in [-0.05, 0) is 42.8 Å². The number of carbonyl (C=O) groups is 1. The van der Waals surface area contributed by atoms with Crippen LogP contribution in [0.2, 0.25) is 5.02 Å². The lowest BCUT2D eigenvalue weighted by atomic mass is 10.2. The molecule has 0 saturated carbocycles. The lowest BCUT2D eigenvalue weighted by Crippen LogP contribution is -2.28. The monoisotopic (exact) mass is 364 g/mol. The minimum Gasteiger partial charge on any atom is -0.493 e. The van der Waals surface area contributed by atoms with E-state index in [9.17, 15) is 4.79 Å². The third kappa shape index (κ3) is 5.19. The Labute approximate surface area is 152 Å². The summed E-state index contributed by atoms with van der Waals surface area (Å²) in [6.45, 7) is 2.67. The Morgan fingerprint density at radius 3 is 2.36 bits per heavy atom. The zero-order valence-electron chi connectivity index (χ0n) is 14.4. The van der Waals surface area contributed by atoms with Crippen LogP contribution in [-0.4, -0.2) is 26.9 Å². The van der Waals surface area contributed by atoms with Crippen LogP contribution in [0, 0.1) is 0 Å². The molecule has 0 unspecified atom stereocenters. The van der Waals surface area contributed by atoms with Crippen LogP contribution in [0.4, 0.5) is 10.5 Å². The number of anilines is 1. The van der Waals surface area contributed by atoms with Crippen LogP contribution in [-0.2, 0) is 6.54 Å². The van der Waals surface area contributed by atoms with E-state index in [4.69, 9.17) is 25.8 Å². The summed E-state index contributed by atoms with van der Waals surface area (Å²) in [6.07, 6.45) is 0. The Bertz CT molecular complexity index is 712. The molecule has 0 fully saturated rings. The average molecular weight is 365 g/mol. The minimum absolute atomic E-state index is 0.297. The molecule has 0 radical (unpaired) electrons. The van der Waals surface area contributed by atoms with Crippen molar-refractivity contribution in [2.24, 2.45) is 0 Å². The Morgan fingerprint density at radius 1 is 1.12 bits per heavy atom. The van der Waals surface area contributed by atoms with E-state index in [1.54, 1.807) is 50.6 Å². The van der Waals surface area contributed by atoms with Crippen LogP contribution in [0.1, 0.15) is 12.5 Å². The zero-order chi connectivity index (χ0) is 18.2. The third-order valence-corrected chi connectivity index (χ3v) is 3.58. The van der Waals surface area contributed by atoms with Crippen LogP contribution in [0.5, 0.6) is 17.2 Å². The molecule has 0 bridgehead atoms. The Morgan fingerprint density at radius 2 is 1.80 bits per heavy atom. The first-order chi connectivity index (χ1) is 12.1. The minimum atomic E-state index is -0.339. The van der Waals surface area contributed by atoms with Gasteiger partial charge in [-0.3, -0.25) is 0 Å². The number of carbonyl (C=O) groups excluding carboxylic acids is 1. The van der Waals surface area contributed by atoms with Crippen molar-refractivity contribution in [1.29, 1.82) is 0 Å². The number of rotatable bonds is 7. The fraction of sp³-hybridized carbons (Fsp3) is 0.278. The normalized spacial score (nSPS) is 10.1. The van der Waals surface area contributed by atoms with Gasteiger partial charge in [0.05, 0.1) is 20.8 Å². The number of amides is 2. The second-order valence-electron chi connectivity index (χ2n) is 5.08. The van der Waals surface area contributed by atoms with Crippen LogP contribution in [0.15, 0.2) is 36.4 Å². The summed E-state index contributed by atoms with van der Waals surface area (Å²) in [7, 11) is 3.11. The van der Waals surface area contributed by atoms with Gasteiger partial charge in [-0.25, -0.2) is 4.79 Å². The highest BCUT2D eigenvalue weighted by molar-refractivity contribution is 6.30. The van der Waals surface area contributed by atoms with E-state index in [0.29, 0.717) is 41.1 Å². The molecule has 2 amide bonds. The Kier molecular flexibility index (Phi) is 6.77. The lowest BCUT2D eigenvalue weighted by molar-refractivity contribution is 0.251. The van der Waals surface area contributed by atoms with Gasteiger partial charge < -0.3 is 24.8 Å². The number of ether oxygens (including phenoxy) is 3. The number of hydrogen-bond donors (Lipinski definition) is 2. The molecule has 2 rings (SSSR count). The highest BCUT2D eigenvalue weighted by Gasteiger charge is 2.14. The molecule has 0 heterocycles. The van der Waals surface area contributed by atoms with E-state index in [2.05, 4.69) is 10.6 Å². The Balaban J connectivity index is 2.05. The van der Waals surface area contributed by atoms with Crippen molar-refractivity contribution in [2.45, 2.75) is 13.5 Å². The van der Waals surface area contributed by atoms with Crippen molar-refractivity contribution in [3.05, 3.63) is 47.0 Å². The van der Waals surface area contributed by atoms with E-state index in [-0.39, 0.29) is 6.03 Å². The summed E-state index contributed by atoms with van der Waals surface area (Å²) >= 11 is 5.90. The molecule has 0 aliphatic heterocycles. The molecule has 0 saturated heterocycles. The van der Waals surface area contributed by atoms with Crippen LogP contribution >= 0.6 is 11.6 Å².